The number of hydrogen-bond acceptors (Lipinski definition) is 5. The zero-order valence-electron chi connectivity index (χ0n) is 17.9. The Bertz CT molecular complexity index is 1420. The molecule has 0 saturated carbocycles. The molecule has 3 aromatic rings. The van der Waals surface area contributed by atoms with Crippen molar-refractivity contribution in [2.45, 2.75) is 0 Å². The summed E-state index contributed by atoms with van der Waals surface area (Å²) < 4.78 is 30.9. The smallest absolute Gasteiger partial charge is 0.257 e. The van der Waals surface area contributed by atoms with Gasteiger partial charge in [-0.3, -0.25) is 9.59 Å². The summed E-state index contributed by atoms with van der Waals surface area (Å²) in [5.41, 5.74) is 1.41. The molecule has 1 heterocycles. The molecule has 1 saturated heterocycles. The molecule has 0 bridgehead atoms. The minimum absolute atomic E-state index is 0.0595. The fourth-order valence-electron chi connectivity index (χ4n) is 3.30. The van der Waals surface area contributed by atoms with Crippen molar-refractivity contribution in [1.82, 2.24) is 0 Å². The van der Waals surface area contributed by atoms with Gasteiger partial charge in [-0.1, -0.05) is 40.9 Å². The van der Waals surface area contributed by atoms with E-state index >= 15 is 0 Å². The van der Waals surface area contributed by atoms with Crippen molar-refractivity contribution in [3.05, 3.63) is 86.9 Å². The van der Waals surface area contributed by atoms with Crippen LogP contribution in [-0.4, -0.2) is 39.3 Å². The van der Waals surface area contributed by atoms with Crippen LogP contribution >= 0.6 is 34.8 Å². The summed E-state index contributed by atoms with van der Waals surface area (Å²) in [5.74, 6) is -1.10. The number of benzene rings is 3. The fourth-order valence-corrected chi connectivity index (χ4v) is 5.14. The number of anilines is 3. The zero-order valence-corrected chi connectivity index (χ0v) is 21.0. The Labute approximate surface area is 216 Å². The predicted molar refractivity (Wildman–Crippen MR) is 137 cm³/mol. The van der Waals surface area contributed by atoms with Crippen LogP contribution in [0.25, 0.3) is 0 Å². The van der Waals surface area contributed by atoms with Gasteiger partial charge >= 0.3 is 0 Å². The molecule has 1 aliphatic rings. The highest BCUT2D eigenvalue weighted by atomic mass is 35.5. The topological polar surface area (TPSA) is 105 Å². The van der Waals surface area contributed by atoms with E-state index in [0.717, 1.165) is 4.31 Å². The van der Waals surface area contributed by atoms with Crippen molar-refractivity contribution >= 4 is 73.7 Å². The highest BCUT2D eigenvalue weighted by Crippen LogP contribution is 2.29. The highest BCUT2D eigenvalue weighted by molar-refractivity contribution is 7.92. The standard InChI is InChI=1S/C23H18Cl3N3O5S/c24-15-3-1-2-14(10-15)22(30)28-21-11-16(4-7-19(21)25)27-23(31)18-6-5-17(12-20(18)26)29-13-34-8-9-35(29,32)33/h1-7,10-12H,8-9,13H2,(H,27,31)(H,28,30). The van der Waals surface area contributed by atoms with E-state index in [4.69, 9.17) is 39.5 Å². The van der Waals surface area contributed by atoms with E-state index in [9.17, 15) is 18.0 Å². The summed E-state index contributed by atoms with van der Waals surface area (Å²) in [6.45, 7) is -0.00561. The molecule has 8 nitrogen and oxygen atoms in total. The van der Waals surface area contributed by atoms with Crippen molar-refractivity contribution in [3.8, 4) is 0 Å². The van der Waals surface area contributed by atoms with Gasteiger partial charge in [0.2, 0.25) is 10.0 Å². The Balaban J connectivity index is 1.50. The summed E-state index contributed by atoms with van der Waals surface area (Å²) in [5, 5.41) is 6.13. The van der Waals surface area contributed by atoms with Gasteiger partial charge in [-0.2, -0.15) is 0 Å². The van der Waals surface area contributed by atoms with Crippen LogP contribution in [0, 0.1) is 0 Å². The van der Waals surface area contributed by atoms with Crippen molar-refractivity contribution in [2.75, 3.05) is 34.0 Å². The van der Waals surface area contributed by atoms with Crippen LogP contribution < -0.4 is 14.9 Å². The number of nitrogens with one attached hydrogen (secondary N) is 2. The molecule has 1 aliphatic heterocycles. The lowest BCUT2D eigenvalue weighted by Crippen LogP contribution is -2.41. The maximum Gasteiger partial charge on any atom is 0.257 e. The predicted octanol–water partition coefficient (Wildman–Crippen LogP) is 5.28. The lowest BCUT2D eigenvalue weighted by molar-refractivity contribution is 0.101. The first-order chi connectivity index (χ1) is 16.6. The Morgan fingerprint density at radius 3 is 2.40 bits per heavy atom. The molecule has 35 heavy (non-hydrogen) atoms. The van der Waals surface area contributed by atoms with Gasteiger partial charge in [0.15, 0.2) is 0 Å². The monoisotopic (exact) mass is 553 g/mol. The molecule has 2 N–H and O–H groups in total. The number of amides is 2. The maximum absolute atomic E-state index is 12.8. The molecule has 12 heteroatoms. The lowest BCUT2D eigenvalue weighted by Gasteiger charge is -2.28. The molecule has 0 aromatic heterocycles. The molecule has 0 atom stereocenters. The molecule has 4 rings (SSSR count). The van der Waals surface area contributed by atoms with E-state index in [2.05, 4.69) is 10.6 Å². The Hall–Kier alpha value is -2.82. The molecular weight excluding hydrogens is 537 g/mol. The van der Waals surface area contributed by atoms with Crippen LogP contribution in [0.15, 0.2) is 60.7 Å². The van der Waals surface area contributed by atoms with Crippen molar-refractivity contribution in [2.24, 2.45) is 0 Å². The van der Waals surface area contributed by atoms with E-state index in [1.807, 2.05) is 0 Å². The van der Waals surface area contributed by atoms with Crippen molar-refractivity contribution in [1.29, 1.82) is 0 Å². The van der Waals surface area contributed by atoms with E-state index < -0.39 is 21.8 Å². The summed E-state index contributed by atoms with van der Waals surface area (Å²) in [6.07, 6.45) is 0. The van der Waals surface area contributed by atoms with Crippen LogP contribution in [0.2, 0.25) is 15.1 Å². The fraction of sp³-hybridized carbons (Fsp3) is 0.130. The molecule has 1 fully saturated rings. The van der Waals surface area contributed by atoms with Gasteiger partial charge < -0.3 is 15.4 Å². The number of sulfonamides is 1. The van der Waals surface area contributed by atoms with Crippen LogP contribution in [0.5, 0.6) is 0 Å². The molecule has 182 valence electrons. The second-order valence-corrected chi connectivity index (χ2v) is 10.7. The quantitative estimate of drug-likeness (QED) is 0.447. The Morgan fingerprint density at radius 1 is 0.886 bits per heavy atom. The average molecular weight is 555 g/mol. The Morgan fingerprint density at radius 2 is 1.69 bits per heavy atom. The summed E-state index contributed by atoms with van der Waals surface area (Å²) >= 11 is 18.5. The normalized spacial score (nSPS) is 14.9. The number of nitrogens with zero attached hydrogens (tertiary/aromatic N) is 1. The third-order valence-corrected chi connectivity index (χ3v) is 7.62. The number of hydrogen-bond donors (Lipinski definition) is 2. The average Bonchev–Trinajstić information content (AvgIpc) is 2.80. The van der Waals surface area contributed by atoms with Gasteiger partial charge in [0, 0.05) is 16.3 Å². The summed E-state index contributed by atoms with van der Waals surface area (Å²) in [4.78, 5) is 25.4. The second-order valence-electron chi connectivity index (χ2n) is 7.48. The molecule has 0 radical (unpaired) electrons. The number of rotatable bonds is 5. The number of ether oxygens (including phenoxy) is 1. The lowest BCUT2D eigenvalue weighted by atomic mass is 10.1. The van der Waals surface area contributed by atoms with E-state index in [1.54, 1.807) is 24.3 Å². The number of carbonyl (C=O) groups is 2. The molecule has 0 spiro atoms. The van der Waals surface area contributed by atoms with Gasteiger partial charge in [-0.05, 0) is 54.6 Å². The minimum Gasteiger partial charge on any atom is -0.359 e. The van der Waals surface area contributed by atoms with E-state index in [1.165, 1.54) is 36.4 Å². The minimum atomic E-state index is -3.52. The molecular formula is C23H18Cl3N3O5S. The third-order valence-electron chi connectivity index (χ3n) is 5.07. The van der Waals surface area contributed by atoms with Gasteiger partial charge in [0.05, 0.1) is 39.3 Å². The third kappa shape index (κ3) is 5.88. The van der Waals surface area contributed by atoms with Gasteiger partial charge in [-0.15, -0.1) is 0 Å². The van der Waals surface area contributed by atoms with Crippen molar-refractivity contribution in [3.63, 3.8) is 0 Å². The molecule has 3 aromatic carbocycles. The summed E-state index contributed by atoms with van der Waals surface area (Å²) in [7, 11) is -3.52. The van der Waals surface area contributed by atoms with Gasteiger partial charge in [0.25, 0.3) is 11.8 Å². The number of carbonyl (C=O) groups excluding carboxylic acids is 2. The van der Waals surface area contributed by atoms with Crippen molar-refractivity contribution < 1.29 is 22.7 Å². The summed E-state index contributed by atoms with van der Waals surface area (Å²) in [6, 6.07) is 15.3. The maximum atomic E-state index is 12.8. The molecule has 2 amide bonds. The molecule has 0 unspecified atom stereocenters. The highest BCUT2D eigenvalue weighted by Gasteiger charge is 2.27. The first-order valence-corrected chi connectivity index (χ1v) is 12.9. The van der Waals surface area contributed by atoms with Gasteiger partial charge in [-0.25, -0.2) is 12.7 Å². The second kappa shape index (κ2) is 10.4. The van der Waals surface area contributed by atoms with E-state index in [0.29, 0.717) is 22.0 Å². The number of halogens is 3. The zero-order chi connectivity index (χ0) is 25.2. The largest absolute Gasteiger partial charge is 0.359 e. The molecule has 0 aliphatic carbocycles. The van der Waals surface area contributed by atoms with Crippen LogP contribution in [0.1, 0.15) is 20.7 Å². The SMILES string of the molecule is O=C(Nc1cc(NC(=O)c2ccc(N3COCCS3(=O)=O)cc2Cl)ccc1Cl)c1cccc(Cl)c1. The first kappa shape index (κ1) is 25.3. The van der Waals surface area contributed by atoms with Crippen LogP contribution in [0.4, 0.5) is 17.1 Å². The van der Waals surface area contributed by atoms with E-state index in [-0.39, 0.29) is 40.4 Å². The van der Waals surface area contributed by atoms with Gasteiger partial charge in [0.1, 0.15) is 6.73 Å². The van der Waals surface area contributed by atoms with Crippen LogP contribution in [0.3, 0.4) is 0 Å². The Kier molecular flexibility index (Phi) is 7.53. The van der Waals surface area contributed by atoms with Crippen LogP contribution in [-0.2, 0) is 14.8 Å². The first-order valence-electron chi connectivity index (χ1n) is 10.2.